The van der Waals surface area contributed by atoms with Gasteiger partial charge in [-0.3, -0.25) is 0 Å². The molecule has 0 aliphatic heterocycles. The minimum absolute atomic E-state index is 0.547. The van der Waals surface area contributed by atoms with E-state index in [1.165, 1.54) is 5.56 Å². The Morgan fingerprint density at radius 1 is 1.12 bits per heavy atom. The Balaban J connectivity index is 2.30. The summed E-state index contributed by atoms with van der Waals surface area (Å²) in [5.41, 5.74) is 9.70. The lowest BCUT2D eigenvalue weighted by Gasteiger charge is -2.08. The summed E-state index contributed by atoms with van der Waals surface area (Å²) in [4.78, 5) is 0. The van der Waals surface area contributed by atoms with E-state index in [-0.39, 0.29) is 0 Å². The van der Waals surface area contributed by atoms with Gasteiger partial charge in [0.2, 0.25) is 0 Å². The zero-order valence-corrected chi connectivity index (χ0v) is 9.57. The number of nitriles is 1. The van der Waals surface area contributed by atoms with E-state index in [4.69, 9.17) is 11.0 Å². The zero-order chi connectivity index (χ0) is 12.3. The second-order valence-electron chi connectivity index (χ2n) is 3.91. The third-order valence-corrected chi connectivity index (χ3v) is 2.49. The molecule has 0 aliphatic rings. The highest BCUT2D eigenvalue weighted by molar-refractivity contribution is 5.69. The van der Waals surface area contributed by atoms with E-state index >= 15 is 0 Å². The van der Waals surface area contributed by atoms with Crippen LogP contribution in [0.15, 0.2) is 42.5 Å². The monoisotopic (exact) mass is 223 g/mol. The van der Waals surface area contributed by atoms with Crippen LogP contribution in [0.5, 0.6) is 0 Å². The lowest BCUT2D eigenvalue weighted by atomic mass is 10.1. The maximum absolute atomic E-state index is 9.02. The fourth-order valence-electron chi connectivity index (χ4n) is 1.56. The number of nitrogens with two attached hydrogens (primary N) is 1. The molecule has 0 atom stereocenters. The third kappa shape index (κ3) is 2.56. The van der Waals surface area contributed by atoms with E-state index in [0.29, 0.717) is 11.3 Å². The van der Waals surface area contributed by atoms with Crippen LogP contribution in [0.4, 0.5) is 17.1 Å². The van der Waals surface area contributed by atoms with Crippen LogP contribution in [-0.2, 0) is 0 Å². The van der Waals surface area contributed by atoms with Crippen molar-refractivity contribution in [2.24, 2.45) is 0 Å². The minimum atomic E-state index is 0.547. The Morgan fingerprint density at radius 2 is 1.82 bits per heavy atom. The molecule has 2 aromatic rings. The lowest BCUT2D eigenvalue weighted by molar-refractivity contribution is 1.44. The minimum Gasteiger partial charge on any atom is -0.399 e. The van der Waals surface area contributed by atoms with E-state index in [9.17, 15) is 0 Å². The van der Waals surface area contributed by atoms with Crippen LogP contribution >= 0.6 is 0 Å². The molecule has 0 spiro atoms. The number of aryl methyl sites for hydroxylation is 1. The smallest absolute Gasteiger partial charge is 0.101 e. The van der Waals surface area contributed by atoms with Crippen molar-refractivity contribution in [1.82, 2.24) is 0 Å². The van der Waals surface area contributed by atoms with Crippen LogP contribution < -0.4 is 11.1 Å². The summed E-state index contributed by atoms with van der Waals surface area (Å²) in [5.74, 6) is 0. The van der Waals surface area contributed by atoms with Crippen molar-refractivity contribution in [3.05, 3.63) is 53.6 Å². The van der Waals surface area contributed by atoms with Gasteiger partial charge in [-0.15, -0.1) is 0 Å². The van der Waals surface area contributed by atoms with E-state index < -0.39 is 0 Å². The van der Waals surface area contributed by atoms with E-state index in [0.717, 1.165) is 11.4 Å². The highest BCUT2D eigenvalue weighted by Gasteiger charge is 2.02. The molecule has 0 heterocycles. The molecule has 2 rings (SSSR count). The Kier molecular flexibility index (Phi) is 2.97. The number of nitrogens with zero attached hydrogens (tertiary/aromatic N) is 1. The summed E-state index contributed by atoms with van der Waals surface area (Å²) < 4.78 is 0. The molecule has 3 N–H and O–H groups in total. The summed E-state index contributed by atoms with van der Waals surface area (Å²) >= 11 is 0. The fraction of sp³-hybridized carbons (Fsp3) is 0.0714. The normalized spacial score (nSPS) is 9.65. The molecule has 3 heteroatoms. The molecular weight excluding hydrogens is 210 g/mol. The van der Waals surface area contributed by atoms with Crippen molar-refractivity contribution in [3.8, 4) is 6.07 Å². The maximum atomic E-state index is 9.02. The first-order valence-corrected chi connectivity index (χ1v) is 5.32. The Morgan fingerprint density at radius 3 is 2.47 bits per heavy atom. The van der Waals surface area contributed by atoms with E-state index in [2.05, 4.69) is 11.4 Å². The number of rotatable bonds is 2. The van der Waals surface area contributed by atoms with Crippen LogP contribution in [0.2, 0.25) is 0 Å². The summed E-state index contributed by atoms with van der Waals surface area (Å²) in [7, 11) is 0. The van der Waals surface area contributed by atoms with Gasteiger partial charge in [0.15, 0.2) is 0 Å². The highest BCUT2D eigenvalue weighted by Crippen LogP contribution is 2.22. The van der Waals surface area contributed by atoms with Crippen LogP contribution in [0.1, 0.15) is 11.1 Å². The van der Waals surface area contributed by atoms with Crippen molar-refractivity contribution in [1.29, 1.82) is 5.26 Å². The first kappa shape index (κ1) is 11.0. The number of hydrogen-bond donors (Lipinski definition) is 2. The average molecular weight is 223 g/mol. The summed E-state index contributed by atoms with van der Waals surface area (Å²) in [5, 5.41) is 12.2. The van der Waals surface area contributed by atoms with Crippen LogP contribution in [0.3, 0.4) is 0 Å². The third-order valence-electron chi connectivity index (χ3n) is 2.49. The van der Waals surface area contributed by atoms with Gasteiger partial charge in [0.1, 0.15) is 6.07 Å². The average Bonchev–Trinajstić information content (AvgIpc) is 2.34. The number of nitrogens with one attached hydrogen (secondary N) is 1. The lowest BCUT2D eigenvalue weighted by Crippen LogP contribution is -1.95. The van der Waals surface area contributed by atoms with Gasteiger partial charge in [-0.1, -0.05) is 17.7 Å². The zero-order valence-electron chi connectivity index (χ0n) is 9.57. The van der Waals surface area contributed by atoms with Crippen molar-refractivity contribution in [3.63, 3.8) is 0 Å². The largest absolute Gasteiger partial charge is 0.399 e. The Labute approximate surface area is 101 Å². The Hall–Kier alpha value is -2.47. The topological polar surface area (TPSA) is 61.8 Å². The van der Waals surface area contributed by atoms with Crippen LogP contribution in [0, 0.1) is 18.3 Å². The molecule has 2 aromatic carbocycles. The Bertz CT molecular complexity index is 565. The molecule has 0 aliphatic carbocycles. The standard InChI is InChI=1S/C14H13N3/c1-10-2-5-13(6-3-10)17-14-7-4-12(16)8-11(14)9-15/h2-8,17H,16H2,1H3. The molecule has 3 nitrogen and oxygen atoms in total. The molecular formula is C14H13N3. The first-order valence-electron chi connectivity index (χ1n) is 5.32. The molecule has 0 bridgehead atoms. The van der Waals surface area contributed by atoms with Crippen molar-refractivity contribution < 1.29 is 0 Å². The highest BCUT2D eigenvalue weighted by atomic mass is 14.9. The summed E-state index contributed by atoms with van der Waals surface area (Å²) in [6, 6.07) is 15.4. The molecule has 0 amide bonds. The fourth-order valence-corrected chi connectivity index (χ4v) is 1.56. The first-order chi connectivity index (χ1) is 8.19. The maximum Gasteiger partial charge on any atom is 0.101 e. The number of hydrogen-bond acceptors (Lipinski definition) is 3. The molecule has 0 saturated carbocycles. The van der Waals surface area contributed by atoms with Crippen LogP contribution in [0.25, 0.3) is 0 Å². The van der Waals surface area contributed by atoms with Gasteiger partial charge < -0.3 is 11.1 Å². The van der Waals surface area contributed by atoms with Crippen LogP contribution in [-0.4, -0.2) is 0 Å². The van der Waals surface area contributed by atoms with Crippen molar-refractivity contribution in [2.45, 2.75) is 6.92 Å². The second-order valence-corrected chi connectivity index (χ2v) is 3.91. The van der Waals surface area contributed by atoms with Gasteiger partial charge in [-0.05, 0) is 37.3 Å². The number of anilines is 3. The molecule has 17 heavy (non-hydrogen) atoms. The number of benzene rings is 2. The van der Waals surface area contributed by atoms with E-state index in [1.807, 2.05) is 37.3 Å². The molecule has 0 aromatic heterocycles. The summed E-state index contributed by atoms with van der Waals surface area (Å²) in [6.07, 6.45) is 0. The SMILES string of the molecule is Cc1ccc(Nc2ccc(N)cc2C#N)cc1. The van der Waals surface area contributed by atoms with Gasteiger partial charge in [-0.25, -0.2) is 0 Å². The van der Waals surface area contributed by atoms with Crippen molar-refractivity contribution >= 4 is 17.1 Å². The predicted molar refractivity (Wildman–Crippen MR) is 70.0 cm³/mol. The molecule has 84 valence electrons. The molecule has 0 saturated heterocycles. The van der Waals surface area contributed by atoms with Gasteiger partial charge in [0.05, 0.1) is 11.3 Å². The molecule has 0 fully saturated rings. The predicted octanol–water partition coefficient (Wildman–Crippen LogP) is 3.19. The van der Waals surface area contributed by atoms with Gasteiger partial charge in [-0.2, -0.15) is 5.26 Å². The van der Waals surface area contributed by atoms with Gasteiger partial charge >= 0.3 is 0 Å². The van der Waals surface area contributed by atoms with Crippen molar-refractivity contribution in [2.75, 3.05) is 11.1 Å². The number of nitrogen functional groups attached to an aromatic ring is 1. The molecule has 0 unspecified atom stereocenters. The molecule has 0 radical (unpaired) electrons. The van der Waals surface area contributed by atoms with E-state index in [1.54, 1.807) is 12.1 Å². The summed E-state index contributed by atoms with van der Waals surface area (Å²) in [6.45, 7) is 2.04. The second kappa shape index (κ2) is 4.58. The van der Waals surface area contributed by atoms with Gasteiger partial charge in [0.25, 0.3) is 0 Å². The quantitative estimate of drug-likeness (QED) is 0.768. The van der Waals surface area contributed by atoms with Gasteiger partial charge in [0, 0.05) is 11.4 Å².